The van der Waals surface area contributed by atoms with Crippen LogP contribution in [0, 0.1) is 6.92 Å². The number of likely N-dealkylation sites (N-methyl/N-ethyl adjacent to an activating group) is 1. The molecule has 0 radical (unpaired) electrons. The molecule has 2 atom stereocenters. The highest BCUT2D eigenvalue weighted by Crippen LogP contribution is 2.30. The van der Waals surface area contributed by atoms with E-state index in [0.29, 0.717) is 12.6 Å². The summed E-state index contributed by atoms with van der Waals surface area (Å²) in [4.78, 5) is 14.6. The molecule has 2 aromatic rings. The second-order valence-corrected chi connectivity index (χ2v) is 7.48. The normalized spacial score (nSPS) is 20.6. The molecule has 0 unspecified atom stereocenters. The van der Waals surface area contributed by atoms with Crippen molar-refractivity contribution in [2.24, 2.45) is 0 Å². The molecule has 1 fully saturated rings. The number of rotatable bonds is 5. The molecule has 0 aliphatic carbocycles. The lowest BCUT2D eigenvalue weighted by Crippen LogP contribution is -2.39. The summed E-state index contributed by atoms with van der Waals surface area (Å²) in [5, 5.41) is 6.41. The number of aryl methyl sites for hydroxylation is 1. The number of carbonyl (C=O) groups is 1. The fraction of sp³-hybridized carbons (Fsp3) is 0.350. The third kappa shape index (κ3) is 4.48. The first-order chi connectivity index (χ1) is 12.0. The summed E-state index contributed by atoms with van der Waals surface area (Å²) in [7, 11) is 2.14. The van der Waals surface area contributed by atoms with Gasteiger partial charge in [0.1, 0.15) is 0 Å². The fourth-order valence-corrected chi connectivity index (χ4v) is 3.70. The first-order valence-electron chi connectivity index (χ1n) is 8.59. The van der Waals surface area contributed by atoms with E-state index in [4.69, 9.17) is 0 Å². The molecule has 5 heteroatoms. The van der Waals surface area contributed by atoms with E-state index in [-0.39, 0.29) is 11.9 Å². The van der Waals surface area contributed by atoms with Crippen molar-refractivity contribution >= 4 is 27.5 Å². The van der Waals surface area contributed by atoms with Crippen molar-refractivity contribution in [1.29, 1.82) is 0 Å². The highest BCUT2D eigenvalue weighted by molar-refractivity contribution is 9.10. The molecule has 1 aliphatic heterocycles. The Morgan fingerprint density at radius 2 is 2.00 bits per heavy atom. The lowest BCUT2D eigenvalue weighted by Gasteiger charge is -2.26. The fourth-order valence-electron chi connectivity index (χ4n) is 3.45. The van der Waals surface area contributed by atoms with Crippen LogP contribution in [0.25, 0.3) is 0 Å². The van der Waals surface area contributed by atoms with Crippen LogP contribution >= 0.6 is 15.9 Å². The molecule has 0 aromatic heterocycles. The third-order valence-corrected chi connectivity index (χ3v) is 5.65. The van der Waals surface area contributed by atoms with Crippen LogP contribution in [0.4, 0.5) is 5.69 Å². The molecule has 1 amide bonds. The van der Waals surface area contributed by atoms with Gasteiger partial charge in [-0.15, -0.1) is 0 Å². The van der Waals surface area contributed by atoms with Gasteiger partial charge in [0.05, 0.1) is 6.54 Å². The Balaban J connectivity index is 1.58. The summed E-state index contributed by atoms with van der Waals surface area (Å²) in [6, 6.07) is 16.9. The molecule has 2 aromatic carbocycles. The Kier molecular flexibility index (Phi) is 5.89. The molecule has 3 rings (SSSR count). The van der Waals surface area contributed by atoms with Crippen LogP contribution < -0.4 is 10.6 Å². The van der Waals surface area contributed by atoms with E-state index in [0.717, 1.165) is 28.7 Å². The molecule has 1 heterocycles. The van der Waals surface area contributed by atoms with E-state index in [2.05, 4.69) is 62.8 Å². The van der Waals surface area contributed by atoms with Gasteiger partial charge >= 0.3 is 0 Å². The number of halogens is 1. The van der Waals surface area contributed by atoms with Crippen LogP contribution in [0.15, 0.2) is 53.0 Å². The maximum atomic E-state index is 12.3. The number of hydrogen-bond donors (Lipinski definition) is 2. The Morgan fingerprint density at radius 3 is 2.72 bits per heavy atom. The molecule has 1 saturated heterocycles. The molecule has 1 aliphatic rings. The second-order valence-electron chi connectivity index (χ2n) is 6.62. The number of likely N-dealkylation sites (tertiary alicyclic amines) is 1. The van der Waals surface area contributed by atoms with Crippen LogP contribution in [0.5, 0.6) is 0 Å². The minimum Gasteiger partial charge on any atom is -0.325 e. The molecule has 0 saturated carbocycles. The van der Waals surface area contributed by atoms with Gasteiger partial charge in [-0.2, -0.15) is 0 Å². The monoisotopic (exact) mass is 401 g/mol. The summed E-state index contributed by atoms with van der Waals surface area (Å²) in [5.41, 5.74) is 3.23. The molecule has 0 spiro atoms. The van der Waals surface area contributed by atoms with Crippen LogP contribution in [-0.4, -0.2) is 37.0 Å². The van der Waals surface area contributed by atoms with Gasteiger partial charge in [-0.05, 0) is 49.7 Å². The molecule has 4 nitrogen and oxygen atoms in total. The zero-order valence-corrected chi connectivity index (χ0v) is 16.2. The summed E-state index contributed by atoms with van der Waals surface area (Å²) in [6.45, 7) is 3.36. The Labute approximate surface area is 157 Å². The summed E-state index contributed by atoms with van der Waals surface area (Å²) < 4.78 is 1.04. The molecule has 132 valence electrons. The van der Waals surface area contributed by atoms with E-state index in [1.165, 1.54) is 5.56 Å². The summed E-state index contributed by atoms with van der Waals surface area (Å²) in [5.74, 6) is -0.0110. The molecule has 2 N–H and O–H groups in total. The van der Waals surface area contributed by atoms with Crippen molar-refractivity contribution in [1.82, 2.24) is 10.2 Å². The number of nitrogens with zero attached hydrogens (tertiary/aromatic N) is 1. The van der Waals surface area contributed by atoms with E-state index >= 15 is 0 Å². The minimum absolute atomic E-state index is 0.0110. The minimum atomic E-state index is -0.0110. The predicted octanol–water partition coefficient (Wildman–Crippen LogP) is 3.73. The van der Waals surface area contributed by atoms with Gasteiger partial charge in [0, 0.05) is 28.8 Å². The van der Waals surface area contributed by atoms with E-state index in [9.17, 15) is 4.79 Å². The molecule has 0 bridgehead atoms. The van der Waals surface area contributed by atoms with Gasteiger partial charge in [0.2, 0.25) is 5.91 Å². The Morgan fingerprint density at radius 1 is 1.24 bits per heavy atom. The van der Waals surface area contributed by atoms with Crippen molar-refractivity contribution in [3.63, 3.8) is 0 Å². The third-order valence-electron chi connectivity index (χ3n) is 4.76. The average Bonchev–Trinajstić information content (AvgIpc) is 2.98. The number of nitrogens with one attached hydrogen (secondary N) is 2. The van der Waals surface area contributed by atoms with Crippen molar-refractivity contribution in [2.75, 3.05) is 25.5 Å². The van der Waals surface area contributed by atoms with Crippen molar-refractivity contribution in [2.45, 2.75) is 25.4 Å². The van der Waals surface area contributed by atoms with Crippen LogP contribution in [0.2, 0.25) is 0 Å². The topological polar surface area (TPSA) is 44.4 Å². The number of carbonyl (C=O) groups excluding carboxylic acids is 1. The first kappa shape index (κ1) is 18.1. The molecule has 25 heavy (non-hydrogen) atoms. The van der Waals surface area contributed by atoms with Gasteiger partial charge in [-0.3, -0.25) is 9.69 Å². The number of amides is 1. The van der Waals surface area contributed by atoms with E-state index in [1.54, 1.807) is 0 Å². The van der Waals surface area contributed by atoms with Gasteiger partial charge in [-0.1, -0.05) is 46.3 Å². The average molecular weight is 402 g/mol. The number of anilines is 1. The Hall–Kier alpha value is -1.69. The molecular formula is C20H24BrN3O. The van der Waals surface area contributed by atoms with Crippen LogP contribution in [-0.2, 0) is 4.79 Å². The smallest absolute Gasteiger partial charge is 0.238 e. The van der Waals surface area contributed by atoms with Crippen LogP contribution in [0.3, 0.4) is 0 Å². The van der Waals surface area contributed by atoms with Gasteiger partial charge in [0.25, 0.3) is 0 Å². The zero-order chi connectivity index (χ0) is 17.8. The van der Waals surface area contributed by atoms with E-state index in [1.807, 2.05) is 31.2 Å². The standard InChI is InChI=1S/C20H24BrN3O/c1-14-12-16(8-9-17(14)21)23-19(25)13-22-18-10-11-24(2)20(18)15-6-4-3-5-7-15/h3-9,12,18,20,22H,10-11,13H2,1-2H3,(H,23,25)/t18-,20+/m1/s1. The summed E-state index contributed by atoms with van der Waals surface area (Å²) in [6.07, 6.45) is 1.04. The highest BCUT2D eigenvalue weighted by Gasteiger charge is 2.32. The Bertz CT molecular complexity index is 735. The quantitative estimate of drug-likeness (QED) is 0.801. The maximum Gasteiger partial charge on any atom is 0.238 e. The predicted molar refractivity (Wildman–Crippen MR) is 106 cm³/mol. The lowest BCUT2D eigenvalue weighted by molar-refractivity contribution is -0.115. The number of hydrogen-bond acceptors (Lipinski definition) is 3. The van der Waals surface area contributed by atoms with Gasteiger partial charge < -0.3 is 10.6 Å². The zero-order valence-electron chi connectivity index (χ0n) is 14.6. The van der Waals surface area contributed by atoms with Crippen molar-refractivity contribution < 1.29 is 4.79 Å². The van der Waals surface area contributed by atoms with Gasteiger partial charge in [-0.25, -0.2) is 0 Å². The molecular weight excluding hydrogens is 378 g/mol. The first-order valence-corrected chi connectivity index (χ1v) is 9.38. The highest BCUT2D eigenvalue weighted by atomic mass is 79.9. The van der Waals surface area contributed by atoms with Crippen molar-refractivity contribution in [3.05, 3.63) is 64.1 Å². The van der Waals surface area contributed by atoms with Gasteiger partial charge in [0.15, 0.2) is 0 Å². The number of benzene rings is 2. The second kappa shape index (κ2) is 8.13. The maximum absolute atomic E-state index is 12.3. The largest absolute Gasteiger partial charge is 0.325 e. The summed E-state index contributed by atoms with van der Waals surface area (Å²) >= 11 is 3.48. The lowest BCUT2D eigenvalue weighted by atomic mass is 10.0. The SMILES string of the molecule is Cc1cc(NC(=O)CN[C@@H]2CCN(C)[C@H]2c2ccccc2)ccc1Br. The van der Waals surface area contributed by atoms with Crippen LogP contribution in [0.1, 0.15) is 23.6 Å². The van der Waals surface area contributed by atoms with Crippen molar-refractivity contribution in [3.8, 4) is 0 Å². The van der Waals surface area contributed by atoms with E-state index < -0.39 is 0 Å².